The van der Waals surface area contributed by atoms with E-state index in [0.29, 0.717) is 12.1 Å². The van der Waals surface area contributed by atoms with Crippen LogP contribution >= 0.6 is 0 Å². The van der Waals surface area contributed by atoms with Crippen LogP contribution in [0.25, 0.3) is 17.3 Å². The van der Waals surface area contributed by atoms with E-state index in [0.717, 1.165) is 60.6 Å². The molecule has 0 bridgehead atoms. The van der Waals surface area contributed by atoms with E-state index in [-0.39, 0.29) is 5.91 Å². The molecule has 0 spiro atoms. The number of rotatable bonds is 7. The smallest absolute Gasteiger partial charge is 0.328 e. The molecule has 0 radical (unpaired) electrons. The Morgan fingerprint density at radius 3 is 2.45 bits per heavy atom. The lowest BCUT2D eigenvalue weighted by molar-refractivity contribution is -0.131. The molecule has 5 heteroatoms. The first-order valence-electron chi connectivity index (χ1n) is 11.4. The largest absolute Gasteiger partial charge is 0.478 e. The van der Waals surface area contributed by atoms with Gasteiger partial charge in [-0.15, -0.1) is 0 Å². The Balaban J connectivity index is 1.52. The fourth-order valence-electron chi connectivity index (χ4n) is 4.58. The predicted octanol–water partition coefficient (Wildman–Crippen LogP) is 5.98. The summed E-state index contributed by atoms with van der Waals surface area (Å²) >= 11 is 0. The minimum absolute atomic E-state index is 0.0374. The van der Waals surface area contributed by atoms with Gasteiger partial charge in [0.05, 0.1) is 11.1 Å². The maximum atomic E-state index is 13.5. The van der Waals surface area contributed by atoms with Crippen LogP contribution in [0.3, 0.4) is 0 Å². The molecule has 0 saturated heterocycles. The number of benzene rings is 2. The van der Waals surface area contributed by atoms with Crippen LogP contribution in [0.1, 0.15) is 43.2 Å². The predicted molar refractivity (Wildman–Crippen MR) is 131 cm³/mol. The summed E-state index contributed by atoms with van der Waals surface area (Å²) in [7, 11) is 0. The normalized spacial score (nSPS) is 15.3. The van der Waals surface area contributed by atoms with Crippen molar-refractivity contribution in [2.75, 3.05) is 5.32 Å². The summed E-state index contributed by atoms with van der Waals surface area (Å²) in [6, 6.07) is 21.5. The molecular formula is C28H28N2O3. The van der Waals surface area contributed by atoms with Crippen LogP contribution in [0.2, 0.25) is 0 Å². The molecule has 1 fully saturated rings. The molecule has 2 aromatic carbocycles. The molecule has 0 aliphatic heterocycles. The summed E-state index contributed by atoms with van der Waals surface area (Å²) < 4.78 is 0. The number of nitrogens with one attached hydrogen (secondary N) is 1. The van der Waals surface area contributed by atoms with Gasteiger partial charge in [-0.1, -0.05) is 61.7 Å². The van der Waals surface area contributed by atoms with Crippen molar-refractivity contribution in [3.05, 3.63) is 90.1 Å². The molecule has 0 unspecified atom stereocenters. The molecule has 1 aliphatic rings. The summed E-state index contributed by atoms with van der Waals surface area (Å²) in [6.45, 7) is 0. The van der Waals surface area contributed by atoms with Gasteiger partial charge in [-0.3, -0.25) is 9.78 Å². The van der Waals surface area contributed by atoms with Crippen molar-refractivity contribution in [2.45, 2.75) is 38.5 Å². The third-order valence-corrected chi connectivity index (χ3v) is 6.31. The molecule has 4 rings (SSSR count). The van der Waals surface area contributed by atoms with E-state index >= 15 is 0 Å². The number of carboxylic acid groups (broad SMARTS) is 1. The van der Waals surface area contributed by atoms with Crippen molar-refractivity contribution in [3.8, 4) is 11.3 Å². The van der Waals surface area contributed by atoms with Gasteiger partial charge in [0.15, 0.2) is 0 Å². The molecule has 1 aliphatic carbocycles. The van der Waals surface area contributed by atoms with E-state index in [2.05, 4.69) is 34.6 Å². The maximum Gasteiger partial charge on any atom is 0.328 e. The molecule has 1 saturated carbocycles. The first kappa shape index (κ1) is 22.5. The molecule has 168 valence electrons. The molecule has 1 amide bonds. The van der Waals surface area contributed by atoms with Gasteiger partial charge >= 0.3 is 5.97 Å². The van der Waals surface area contributed by atoms with Gasteiger partial charge in [-0.2, -0.15) is 0 Å². The van der Waals surface area contributed by atoms with E-state index in [1.165, 1.54) is 6.08 Å². The van der Waals surface area contributed by atoms with Crippen LogP contribution in [0, 0.1) is 5.41 Å². The Hall–Kier alpha value is -3.73. The summed E-state index contributed by atoms with van der Waals surface area (Å²) in [4.78, 5) is 28.7. The zero-order valence-electron chi connectivity index (χ0n) is 18.5. The van der Waals surface area contributed by atoms with Crippen molar-refractivity contribution in [3.63, 3.8) is 0 Å². The zero-order chi connectivity index (χ0) is 23.1. The van der Waals surface area contributed by atoms with Crippen molar-refractivity contribution in [1.29, 1.82) is 0 Å². The monoisotopic (exact) mass is 440 g/mol. The van der Waals surface area contributed by atoms with E-state index in [9.17, 15) is 9.59 Å². The Morgan fingerprint density at radius 2 is 1.76 bits per heavy atom. The third-order valence-electron chi connectivity index (χ3n) is 6.31. The van der Waals surface area contributed by atoms with Gasteiger partial charge < -0.3 is 10.4 Å². The lowest BCUT2D eigenvalue weighted by Crippen LogP contribution is -2.40. The number of hydrogen-bond donors (Lipinski definition) is 2. The first-order valence-corrected chi connectivity index (χ1v) is 11.4. The van der Waals surface area contributed by atoms with Crippen LogP contribution in [-0.2, 0) is 16.0 Å². The number of nitrogens with zero attached hydrogens (tertiary/aromatic N) is 1. The second-order valence-electron chi connectivity index (χ2n) is 8.68. The van der Waals surface area contributed by atoms with Crippen molar-refractivity contribution >= 4 is 23.6 Å². The zero-order valence-corrected chi connectivity index (χ0v) is 18.5. The highest BCUT2D eigenvalue weighted by Crippen LogP contribution is 2.40. The quantitative estimate of drug-likeness (QED) is 0.443. The fraction of sp³-hybridized carbons (Fsp3) is 0.250. The van der Waals surface area contributed by atoms with Crippen LogP contribution in [-0.4, -0.2) is 22.0 Å². The maximum absolute atomic E-state index is 13.5. The topological polar surface area (TPSA) is 79.3 Å². The Kier molecular flexibility index (Phi) is 6.98. The van der Waals surface area contributed by atoms with Gasteiger partial charge in [-0.25, -0.2) is 4.79 Å². The molecule has 1 aromatic heterocycles. The fourth-order valence-corrected chi connectivity index (χ4v) is 4.58. The van der Waals surface area contributed by atoms with Crippen molar-refractivity contribution in [1.82, 2.24) is 4.98 Å². The summed E-state index contributed by atoms with van der Waals surface area (Å²) in [6.07, 6.45) is 10.1. The lowest BCUT2D eigenvalue weighted by Gasteiger charge is -2.36. The number of carbonyl (C=O) groups is 2. The Labute approximate surface area is 194 Å². The lowest BCUT2D eigenvalue weighted by atomic mass is 9.69. The summed E-state index contributed by atoms with van der Waals surface area (Å²) in [5.41, 5.74) is 4.11. The van der Waals surface area contributed by atoms with Gasteiger partial charge in [0, 0.05) is 23.5 Å². The Morgan fingerprint density at radius 1 is 0.970 bits per heavy atom. The molecule has 33 heavy (non-hydrogen) atoms. The molecule has 5 nitrogen and oxygen atoms in total. The molecule has 3 aromatic rings. The van der Waals surface area contributed by atoms with Crippen LogP contribution in [0.5, 0.6) is 0 Å². The number of carboxylic acids is 1. The van der Waals surface area contributed by atoms with Gasteiger partial charge in [0.1, 0.15) is 0 Å². The van der Waals surface area contributed by atoms with Crippen LogP contribution in [0.4, 0.5) is 5.69 Å². The number of pyridine rings is 1. The molecule has 1 heterocycles. The highest BCUT2D eigenvalue weighted by Gasteiger charge is 2.39. The summed E-state index contributed by atoms with van der Waals surface area (Å²) in [5.74, 6) is -0.963. The number of hydrogen-bond acceptors (Lipinski definition) is 3. The third kappa shape index (κ3) is 5.75. The van der Waals surface area contributed by atoms with Crippen LogP contribution in [0.15, 0.2) is 79.0 Å². The molecular weight excluding hydrogens is 412 g/mol. The van der Waals surface area contributed by atoms with Crippen molar-refractivity contribution < 1.29 is 14.7 Å². The minimum Gasteiger partial charge on any atom is -0.478 e. The van der Waals surface area contributed by atoms with E-state index in [4.69, 9.17) is 5.11 Å². The number of anilines is 1. The molecule has 2 N–H and O–H groups in total. The second-order valence-corrected chi connectivity index (χ2v) is 8.68. The minimum atomic E-state index is -1.00. The van der Waals surface area contributed by atoms with Gasteiger partial charge in [-0.05, 0) is 60.7 Å². The number of aromatic nitrogens is 1. The van der Waals surface area contributed by atoms with E-state index < -0.39 is 11.4 Å². The standard InChI is InChI=1S/C28H28N2O3/c31-26(32)15-12-21-7-6-8-24(19-21)30-27(33)28(16-3-1-4-17-28)20-22-10-13-23(14-11-22)25-9-2-5-18-29-25/h2,5-15,18-19H,1,3-4,16-17,20H2,(H,30,33)(H,31,32)/b15-12+. The second kappa shape index (κ2) is 10.3. The Bertz CT molecular complexity index is 1130. The highest BCUT2D eigenvalue weighted by molar-refractivity contribution is 5.96. The number of amides is 1. The van der Waals surface area contributed by atoms with E-state index in [1.54, 1.807) is 12.3 Å². The van der Waals surface area contributed by atoms with Crippen molar-refractivity contribution in [2.24, 2.45) is 5.41 Å². The van der Waals surface area contributed by atoms with Crippen LogP contribution < -0.4 is 5.32 Å². The number of aliphatic carboxylic acids is 1. The van der Waals surface area contributed by atoms with Gasteiger partial charge in [0.2, 0.25) is 5.91 Å². The average molecular weight is 441 g/mol. The highest BCUT2D eigenvalue weighted by atomic mass is 16.4. The summed E-state index contributed by atoms with van der Waals surface area (Å²) in [5, 5.41) is 12.0. The van der Waals surface area contributed by atoms with Gasteiger partial charge in [0.25, 0.3) is 0 Å². The first-order chi connectivity index (χ1) is 16.0. The average Bonchev–Trinajstić information content (AvgIpc) is 2.84. The van der Waals surface area contributed by atoms with E-state index in [1.807, 2.05) is 36.4 Å². The number of carbonyl (C=O) groups excluding carboxylic acids is 1. The molecule has 0 atom stereocenters. The SMILES string of the molecule is O=C(O)/C=C/c1cccc(NC(=O)C2(Cc3ccc(-c4ccccn4)cc3)CCCCC2)c1.